The van der Waals surface area contributed by atoms with E-state index in [2.05, 4.69) is 15.3 Å². The number of hydrogen-bond acceptors (Lipinski definition) is 5. The third-order valence-corrected chi connectivity index (χ3v) is 3.40. The number of hydrogen-bond donors (Lipinski definition) is 0. The lowest BCUT2D eigenvalue weighted by molar-refractivity contribution is 0.326. The van der Waals surface area contributed by atoms with Crippen LogP contribution in [0.5, 0.6) is 5.88 Å². The fourth-order valence-electron chi connectivity index (χ4n) is 2.43. The van der Waals surface area contributed by atoms with Gasteiger partial charge in [0.05, 0.1) is 24.7 Å². The number of rotatable bonds is 3. The van der Waals surface area contributed by atoms with Gasteiger partial charge in [0.15, 0.2) is 5.65 Å². The van der Waals surface area contributed by atoms with Gasteiger partial charge in [-0.05, 0) is 25.1 Å². The van der Waals surface area contributed by atoms with Crippen LogP contribution in [0.25, 0.3) is 27.6 Å². The first kappa shape index (κ1) is 12.7. The standard InChI is InChI=1S/C16H13N5O/c1-2-22-16-14-11(9-17-20-16)8-12-10-18-21(15(12)19-14)13-6-4-3-5-7-13/h3-10H,2H2,1H3. The summed E-state index contributed by atoms with van der Waals surface area (Å²) in [7, 11) is 0. The highest BCUT2D eigenvalue weighted by Gasteiger charge is 2.12. The summed E-state index contributed by atoms with van der Waals surface area (Å²) in [6.45, 7) is 2.43. The fraction of sp³-hybridized carbons (Fsp3) is 0.125. The average Bonchev–Trinajstić information content (AvgIpc) is 2.97. The minimum atomic E-state index is 0.447. The van der Waals surface area contributed by atoms with Crippen molar-refractivity contribution < 1.29 is 4.74 Å². The van der Waals surface area contributed by atoms with Crippen molar-refractivity contribution in [2.45, 2.75) is 6.92 Å². The third-order valence-electron chi connectivity index (χ3n) is 3.40. The van der Waals surface area contributed by atoms with Gasteiger partial charge in [0, 0.05) is 10.8 Å². The highest BCUT2D eigenvalue weighted by molar-refractivity contribution is 5.93. The molecule has 0 N–H and O–H groups in total. The summed E-state index contributed by atoms with van der Waals surface area (Å²) < 4.78 is 7.33. The predicted octanol–water partition coefficient (Wildman–Crippen LogP) is 2.76. The van der Waals surface area contributed by atoms with E-state index in [1.165, 1.54) is 0 Å². The Morgan fingerprint density at radius 3 is 2.77 bits per heavy atom. The fourth-order valence-corrected chi connectivity index (χ4v) is 2.43. The molecule has 0 saturated heterocycles. The zero-order valence-electron chi connectivity index (χ0n) is 12.0. The average molecular weight is 291 g/mol. The lowest BCUT2D eigenvalue weighted by Crippen LogP contribution is -2.00. The Labute approximate surface area is 126 Å². The number of fused-ring (bicyclic) bond motifs is 2. The van der Waals surface area contributed by atoms with Gasteiger partial charge < -0.3 is 4.74 Å². The van der Waals surface area contributed by atoms with Crippen molar-refractivity contribution in [3.8, 4) is 11.6 Å². The highest BCUT2D eigenvalue weighted by Crippen LogP contribution is 2.25. The first-order chi connectivity index (χ1) is 10.9. The van der Waals surface area contributed by atoms with Crippen molar-refractivity contribution in [1.82, 2.24) is 25.0 Å². The second-order valence-corrected chi connectivity index (χ2v) is 4.81. The lowest BCUT2D eigenvalue weighted by atomic mass is 10.2. The molecular weight excluding hydrogens is 278 g/mol. The molecule has 6 heteroatoms. The van der Waals surface area contributed by atoms with Gasteiger partial charge in [-0.1, -0.05) is 18.2 Å². The Bertz CT molecular complexity index is 949. The summed E-state index contributed by atoms with van der Waals surface area (Å²) in [5.41, 5.74) is 2.43. The van der Waals surface area contributed by atoms with Crippen molar-refractivity contribution in [1.29, 1.82) is 0 Å². The van der Waals surface area contributed by atoms with Crippen LogP contribution in [0, 0.1) is 0 Å². The highest BCUT2D eigenvalue weighted by atomic mass is 16.5. The minimum absolute atomic E-state index is 0.447. The molecule has 0 atom stereocenters. The molecule has 0 aliphatic carbocycles. The maximum Gasteiger partial charge on any atom is 0.260 e. The zero-order valence-corrected chi connectivity index (χ0v) is 12.0. The van der Waals surface area contributed by atoms with Gasteiger partial charge >= 0.3 is 0 Å². The van der Waals surface area contributed by atoms with Gasteiger partial charge in [-0.25, -0.2) is 9.67 Å². The summed E-state index contributed by atoms with van der Waals surface area (Å²) in [6.07, 6.45) is 3.49. The van der Waals surface area contributed by atoms with E-state index in [-0.39, 0.29) is 0 Å². The molecule has 0 spiro atoms. The van der Waals surface area contributed by atoms with Crippen molar-refractivity contribution in [3.63, 3.8) is 0 Å². The van der Waals surface area contributed by atoms with Gasteiger partial charge in [0.25, 0.3) is 5.88 Å². The van der Waals surface area contributed by atoms with E-state index >= 15 is 0 Å². The monoisotopic (exact) mass is 291 g/mol. The van der Waals surface area contributed by atoms with Crippen LogP contribution in [-0.4, -0.2) is 31.6 Å². The van der Waals surface area contributed by atoms with Crippen LogP contribution in [0.4, 0.5) is 0 Å². The lowest BCUT2D eigenvalue weighted by Gasteiger charge is -2.06. The van der Waals surface area contributed by atoms with E-state index < -0.39 is 0 Å². The normalized spacial score (nSPS) is 11.1. The quantitative estimate of drug-likeness (QED) is 0.580. The molecule has 0 radical (unpaired) electrons. The molecule has 1 aromatic carbocycles. The second kappa shape index (κ2) is 5.07. The Morgan fingerprint density at radius 1 is 1.09 bits per heavy atom. The number of aromatic nitrogens is 5. The first-order valence-electron chi connectivity index (χ1n) is 7.05. The van der Waals surface area contributed by atoms with Crippen LogP contribution in [0.1, 0.15) is 6.92 Å². The summed E-state index contributed by atoms with van der Waals surface area (Å²) >= 11 is 0. The van der Waals surface area contributed by atoms with Crippen LogP contribution in [0.3, 0.4) is 0 Å². The Balaban J connectivity index is 2.00. The largest absolute Gasteiger partial charge is 0.475 e. The second-order valence-electron chi connectivity index (χ2n) is 4.81. The Kier molecular flexibility index (Phi) is 2.93. The topological polar surface area (TPSA) is 65.7 Å². The molecule has 6 nitrogen and oxygen atoms in total. The van der Waals surface area contributed by atoms with Gasteiger partial charge in [-0.15, -0.1) is 5.10 Å². The van der Waals surface area contributed by atoms with Crippen molar-refractivity contribution in [3.05, 3.63) is 48.8 Å². The molecule has 0 aliphatic rings. The van der Waals surface area contributed by atoms with Crippen LogP contribution in [0.2, 0.25) is 0 Å². The molecule has 0 fully saturated rings. The number of benzene rings is 1. The molecule has 4 rings (SSSR count). The smallest absolute Gasteiger partial charge is 0.260 e. The maximum atomic E-state index is 5.52. The van der Waals surface area contributed by atoms with E-state index in [1.54, 1.807) is 12.4 Å². The molecule has 0 aliphatic heterocycles. The molecule has 3 heterocycles. The van der Waals surface area contributed by atoms with Gasteiger partial charge in [-0.2, -0.15) is 10.2 Å². The van der Waals surface area contributed by atoms with Crippen molar-refractivity contribution in [2.24, 2.45) is 0 Å². The minimum Gasteiger partial charge on any atom is -0.475 e. The van der Waals surface area contributed by atoms with Crippen molar-refractivity contribution in [2.75, 3.05) is 6.61 Å². The van der Waals surface area contributed by atoms with E-state index in [0.717, 1.165) is 22.1 Å². The maximum absolute atomic E-state index is 5.52. The van der Waals surface area contributed by atoms with Gasteiger partial charge in [0.2, 0.25) is 0 Å². The number of ether oxygens (including phenoxy) is 1. The number of para-hydroxylation sites is 1. The van der Waals surface area contributed by atoms with Gasteiger partial charge in [0.1, 0.15) is 5.52 Å². The third kappa shape index (κ3) is 1.96. The van der Waals surface area contributed by atoms with Gasteiger partial charge in [-0.3, -0.25) is 0 Å². The molecule has 3 aromatic heterocycles. The van der Waals surface area contributed by atoms with E-state index in [9.17, 15) is 0 Å². The predicted molar refractivity (Wildman–Crippen MR) is 83.1 cm³/mol. The Morgan fingerprint density at radius 2 is 1.95 bits per heavy atom. The first-order valence-corrected chi connectivity index (χ1v) is 7.05. The van der Waals surface area contributed by atoms with Crippen LogP contribution in [-0.2, 0) is 0 Å². The van der Waals surface area contributed by atoms with Crippen LogP contribution >= 0.6 is 0 Å². The van der Waals surface area contributed by atoms with Crippen LogP contribution in [0.15, 0.2) is 48.8 Å². The summed E-state index contributed by atoms with van der Waals surface area (Å²) in [5, 5.41) is 14.3. The summed E-state index contributed by atoms with van der Waals surface area (Å²) in [6, 6.07) is 11.9. The molecule has 0 amide bonds. The molecule has 0 bridgehead atoms. The van der Waals surface area contributed by atoms with Crippen LogP contribution < -0.4 is 4.74 Å². The molecule has 108 valence electrons. The Hall–Kier alpha value is -3.02. The van der Waals surface area contributed by atoms with Crippen molar-refractivity contribution >= 4 is 21.9 Å². The zero-order chi connectivity index (χ0) is 14.9. The molecular formula is C16H13N5O. The van der Waals surface area contributed by atoms with E-state index in [0.29, 0.717) is 18.0 Å². The molecule has 0 saturated carbocycles. The molecule has 4 aromatic rings. The molecule has 0 unspecified atom stereocenters. The molecule has 22 heavy (non-hydrogen) atoms. The number of nitrogens with zero attached hydrogens (tertiary/aromatic N) is 5. The summed E-state index contributed by atoms with van der Waals surface area (Å²) in [4.78, 5) is 4.71. The SMILES string of the molecule is CCOc1nncc2cc3cnn(-c4ccccc4)c3nc12. The number of pyridine rings is 1. The van der Waals surface area contributed by atoms with E-state index in [1.807, 2.05) is 48.0 Å². The van der Waals surface area contributed by atoms with E-state index in [4.69, 9.17) is 9.72 Å². The summed E-state index contributed by atoms with van der Waals surface area (Å²) in [5.74, 6) is 0.447.